The fourth-order valence-corrected chi connectivity index (χ4v) is 2.06. The average Bonchev–Trinajstić information content (AvgIpc) is 2.63. The maximum absolute atomic E-state index is 13.5. The van der Waals surface area contributed by atoms with Crippen LogP contribution >= 0.6 is 0 Å². The molecule has 0 unspecified atom stereocenters. The Morgan fingerprint density at radius 1 is 1.29 bits per heavy atom. The van der Waals surface area contributed by atoms with Gasteiger partial charge in [0, 0.05) is 6.54 Å². The van der Waals surface area contributed by atoms with E-state index in [4.69, 9.17) is 5.73 Å². The molecule has 1 aliphatic rings. The molecule has 0 aromatic heterocycles. The van der Waals surface area contributed by atoms with Crippen LogP contribution in [-0.2, 0) is 0 Å². The fourth-order valence-electron chi connectivity index (χ4n) is 2.06. The molecule has 1 aromatic carbocycles. The summed E-state index contributed by atoms with van der Waals surface area (Å²) in [6, 6.07) is 8.85. The zero-order valence-electron chi connectivity index (χ0n) is 8.00. The number of benzene rings is 1. The van der Waals surface area contributed by atoms with Crippen molar-refractivity contribution in [1.29, 1.82) is 0 Å². The Labute approximate surface area is 81.9 Å². The van der Waals surface area contributed by atoms with Gasteiger partial charge in [0.1, 0.15) is 0 Å². The molecular formula is C11H13F2N. The van der Waals surface area contributed by atoms with E-state index in [0.717, 1.165) is 0 Å². The molecule has 1 nitrogen and oxygen atoms in total. The zero-order valence-corrected chi connectivity index (χ0v) is 8.00. The van der Waals surface area contributed by atoms with Gasteiger partial charge in [-0.25, -0.2) is 8.78 Å². The minimum Gasteiger partial charge on any atom is -0.330 e. The van der Waals surface area contributed by atoms with Crippen molar-refractivity contribution in [2.45, 2.75) is 18.8 Å². The molecule has 3 heteroatoms. The predicted molar refractivity (Wildman–Crippen MR) is 51.3 cm³/mol. The van der Waals surface area contributed by atoms with Gasteiger partial charge < -0.3 is 5.73 Å². The van der Waals surface area contributed by atoms with Crippen molar-refractivity contribution in [3.63, 3.8) is 0 Å². The third-order valence-electron chi connectivity index (χ3n) is 3.23. The number of alkyl halides is 2. The summed E-state index contributed by atoms with van der Waals surface area (Å²) in [6.45, 7) is 1.57. The van der Waals surface area contributed by atoms with Crippen LogP contribution in [0.3, 0.4) is 0 Å². The van der Waals surface area contributed by atoms with Gasteiger partial charge in [0.2, 0.25) is 0 Å². The van der Waals surface area contributed by atoms with Gasteiger partial charge in [-0.2, -0.15) is 0 Å². The third-order valence-corrected chi connectivity index (χ3v) is 3.23. The molecule has 0 aliphatic heterocycles. The lowest BCUT2D eigenvalue weighted by atomic mass is 10.0. The Morgan fingerprint density at radius 3 is 2.29 bits per heavy atom. The SMILES string of the molecule is C[C@@]1(CN)[C@@H](c2ccccc2)C1(F)F. The molecule has 0 saturated heterocycles. The summed E-state index contributed by atoms with van der Waals surface area (Å²) in [5.74, 6) is -3.36. The predicted octanol–water partition coefficient (Wildman–Crippen LogP) is 2.38. The maximum atomic E-state index is 13.5. The molecule has 1 aromatic rings. The van der Waals surface area contributed by atoms with Gasteiger partial charge in [-0.1, -0.05) is 37.3 Å². The van der Waals surface area contributed by atoms with Crippen LogP contribution in [0.15, 0.2) is 30.3 Å². The van der Waals surface area contributed by atoms with Gasteiger partial charge in [-0.15, -0.1) is 0 Å². The molecule has 76 valence electrons. The number of hydrogen-bond donors (Lipinski definition) is 1. The van der Waals surface area contributed by atoms with Gasteiger partial charge >= 0.3 is 0 Å². The second-order valence-electron chi connectivity index (χ2n) is 4.09. The Bertz CT molecular complexity index is 336. The van der Waals surface area contributed by atoms with Gasteiger partial charge in [0.25, 0.3) is 5.92 Å². The first-order valence-corrected chi connectivity index (χ1v) is 4.67. The van der Waals surface area contributed by atoms with Crippen LogP contribution in [0.1, 0.15) is 18.4 Å². The smallest absolute Gasteiger partial charge is 0.262 e. The first-order chi connectivity index (χ1) is 6.54. The lowest BCUT2D eigenvalue weighted by molar-refractivity contribution is 0.0697. The van der Waals surface area contributed by atoms with Crippen LogP contribution in [0.25, 0.3) is 0 Å². The summed E-state index contributed by atoms with van der Waals surface area (Å²) in [5, 5.41) is 0. The van der Waals surface area contributed by atoms with Crippen molar-refractivity contribution in [2.75, 3.05) is 6.54 Å². The molecule has 0 radical (unpaired) electrons. The van der Waals surface area contributed by atoms with Crippen molar-refractivity contribution in [3.05, 3.63) is 35.9 Å². The van der Waals surface area contributed by atoms with E-state index in [2.05, 4.69) is 0 Å². The summed E-state index contributed by atoms with van der Waals surface area (Å²) >= 11 is 0. The molecule has 14 heavy (non-hydrogen) atoms. The standard InChI is InChI=1S/C11H13F2N/c1-10(7-14)9(11(10,12)13)8-5-3-2-4-6-8/h2-6,9H,7,14H2,1H3/t9-,10-/m1/s1. The molecule has 2 atom stereocenters. The number of halogens is 2. The Hall–Kier alpha value is -0.960. The van der Waals surface area contributed by atoms with Gasteiger partial charge in [-0.05, 0) is 5.56 Å². The van der Waals surface area contributed by atoms with Crippen LogP contribution in [0.2, 0.25) is 0 Å². The lowest BCUT2D eigenvalue weighted by Crippen LogP contribution is -2.18. The van der Waals surface area contributed by atoms with E-state index in [0.29, 0.717) is 5.56 Å². The molecule has 1 saturated carbocycles. The maximum Gasteiger partial charge on any atom is 0.262 e. The van der Waals surface area contributed by atoms with Crippen LogP contribution < -0.4 is 5.73 Å². The average molecular weight is 197 g/mol. The number of rotatable bonds is 2. The van der Waals surface area contributed by atoms with Crippen LogP contribution in [0.5, 0.6) is 0 Å². The molecule has 0 heterocycles. The molecule has 2 N–H and O–H groups in total. The molecule has 1 fully saturated rings. The Morgan fingerprint density at radius 2 is 1.86 bits per heavy atom. The zero-order chi connectivity index (χ0) is 10.4. The minimum absolute atomic E-state index is 0.0273. The van der Waals surface area contributed by atoms with Gasteiger partial charge in [0.05, 0.1) is 11.3 Å². The number of nitrogens with two attached hydrogens (primary N) is 1. The second kappa shape index (κ2) is 2.76. The highest BCUT2D eigenvalue weighted by molar-refractivity contribution is 5.37. The molecular weight excluding hydrogens is 184 g/mol. The molecule has 0 bridgehead atoms. The van der Waals surface area contributed by atoms with Crippen molar-refractivity contribution in [1.82, 2.24) is 0 Å². The summed E-state index contributed by atoms with van der Waals surface area (Å²) in [4.78, 5) is 0. The first kappa shape index (κ1) is 9.59. The minimum atomic E-state index is -2.65. The van der Waals surface area contributed by atoms with E-state index in [9.17, 15) is 8.78 Å². The highest BCUT2D eigenvalue weighted by Crippen LogP contribution is 2.70. The summed E-state index contributed by atoms with van der Waals surface area (Å²) < 4.78 is 26.9. The molecule has 2 rings (SSSR count). The van der Waals surface area contributed by atoms with Crippen molar-refractivity contribution < 1.29 is 8.78 Å². The Balaban J connectivity index is 2.32. The van der Waals surface area contributed by atoms with Crippen LogP contribution in [0, 0.1) is 5.41 Å². The van der Waals surface area contributed by atoms with Crippen molar-refractivity contribution in [3.8, 4) is 0 Å². The van der Waals surface area contributed by atoms with E-state index in [1.54, 1.807) is 31.2 Å². The number of hydrogen-bond acceptors (Lipinski definition) is 1. The van der Waals surface area contributed by atoms with E-state index in [1.165, 1.54) is 0 Å². The Kier molecular flexibility index (Phi) is 1.89. The van der Waals surface area contributed by atoms with E-state index < -0.39 is 17.3 Å². The monoisotopic (exact) mass is 197 g/mol. The molecule has 1 aliphatic carbocycles. The topological polar surface area (TPSA) is 26.0 Å². The highest BCUT2D eigenvalue weighted by Gasteiger charge is 2.77. The quantitative estimate of drug-likeness (QED) is 0.774. The van der Waals surface area contributed by atoms with E-state index >= 15 is 0 Å². The highest BCUT2D eigenvalue weighted by atomic mass is 19.3. The summed E-state index contributed by atoms with van der Waals surface area (Å²) in [7, 11) is 0. The molecule has 0 amide bonds. The van der Waals surface area contributed by atoms with Crippen molar-refractivity contribution >= 4 is 0 Å². The summed E-state index contributed by atoms with van der Waals surface area (Å²) in [6.07, 6.45) is 0. The van der Waals surface area contributed by atoms with Gasteiger partial charge in [-0.3, -0.25) is 0 Å². The van der Waals surface area contributed by atoms with Crippen LogP contribution in [-0.4, -0.2) is 12.5 Å². The normalized spacial score (nSPS) is 34.1. The van der Waals surface area contributed by atoms with Crippen LogP contribution in [0.4, 0.5) is 8.78 Å². The molecule has 0 spiro atoms. The lowest BCUT2D eigenvalue weighted by Gasteiger charge is -2.04. The summed E-state index contributed by atoms with van der Waals surface area (Å²) in [5.41, 5.74) is 5.03. The first-order valence-electron chi connectivity index (χ1n) is 4.67. The largest absolute Gasteiger partial charge is 0.330 e. The van der Waals surface area contributed by atoms with Crippen molar-refractivity contribution in [2.24, 2.45) is 11.1 Å². The fraction of sp³-hybridized carbons (Fsp3) is 0.455. The van der Waals surface area contributed by atoms with E-state index in [-0.39, 0.29) is 6.54 Å². The van der Waals surface area contributed by atoms with E-state index in [1.807, 2.05) is 6.07 Å². The second-order valence-corrected chi connectivity index (χ2v) is 4.09. The van der Waals surface area contributed by atoms with Gasteiger partial charge in [0.15, 0.2) is 0 Å². The third kappa shape index (κ3) is 1.02.